The largest absolute Gasteiger partial charge is 0.497 e. The van der Waals surface area contributed by atoms with E-state index >= 15 is 0 Å². The molecule has 1 aromatic rings. The third-order valence-electron chi connectivity index (χ3n) is 2.10. The van der Waals surface area contributed by atoms with Crippen LogP contribution in [0, 0.1) is 11.3 Å². The lowest BCUT2D eigenvalue weighted by molar-refractivity contribution is -0.140. The van der Waals surface area contributed by atoms with Crippen LogP contribution in [0.5, 0.6) is 11.5 Å². The Hall–Kier alpha value is -1.74. The molecule has 0 aliphatic carbocycles. The van der Waals surface area contributed by atoms with Crippen molar-refractivity contribution in [2.75, 3.05) is 20.8 Å². The van der Waals surface area contributed by atoms with Gasteiger partial charge >= 0.3 is 5.97 Å². The summed E-state index contributed by atoms with van der Waals surface area (Å²) >= 11 is 3.14. The molecule has 18 heavy (non-hydrogen) atoms. The number of halogens is 1. The number of methoxy groups -OCH3 is 2. The zero-order valence-electron chi connectivity index (χ0n) is 9.97. The van der Waals surface area contributed by atoms with Gasteiger partial charge in [0.15, 0.2) is 0 Å². The van der Waals surface area contributed by atoms with Crippen molar-refractivity contribution >= 4 is 21.9 Å². The minimum atomic E-state index is -0.556. The molecule has 0 aliphatic rings. The van der Waals surface area contributed by atoms with Gasteiger partial charge in [0, 0.05) is 6.07 Å². The van der Waals surface area contributed by atoms with Gasteiger partial charge < -0.3 is 14.2 Å². The fourth-order valence-electron chi connectivity index (χ4n) is 1.20. The van der Waals surface area contributed by atoms with Gasteiger partial charge in [-0.05, 0) is 12.1 Å². The summed E-state index contributed by atoms with van der Waals surface area (Å²) in [6.07, 6.45) is 0. The number of carbonyl (C=O) groups excluding carboxylic acids is 1. The second-order valence-corrected chi connectivity index (χ2v) is 4.42. The van der Waals surface area contributed by atoms with Crippen LogP contribution in [-0.2, 0) is 9.53 Å². The van der Waals surface area contributed by atoms with Crippen LogP contribution in [0.25, 0.3) is 0 Å². The van der Waals surface area contributed by atoms with E-state index in [1.807, 2.05) is 6.07 Å². The number of esters is 1. The molecule has 0 aliphatic heterocycles. The molecular weight excluding hydrogens is 302 g/mol. The maximum Gasteiger partial charge on any atom is 0.322 e. The van der Waals surface area contributed by atoms with Gasteiger partial charge in [0.25, 0.3) is 0 Å². The zero-order valence-corrected chi connectivity index (χ0v) is 11.6. The van der Waals surface area contributed by atoms with Crippen LogP contribution in [-0.4, -0.2) is 31.6 Å². The molecule has 6 heteroatoms. The highest BCUT2D eigenvalue weighted by atomic mass is 79.9. The Labute approximate surface area is 113 Å². The molecule has 96 valence electrons. The average Bonchev–Trinajstić information content (AvgIpc) is 2.43. The highest BCUT2D eigenvalue weighted by molar-refractivity contribution is 9.10. The number of alkyl halides is 1. The van der Waals surface area contributed by atoms with Gasteiger partial charge in [-0.2, -0.15) is 5.26 Å². The number of hydrogen-bond donors (Lipinski definition) is 0. The number of carbonyl (C=O) groups is 1. The van der Waals surface area contributed by atoms with Gasteiger partial charge in [-0.15, -0.1) is 0 Å². The van der Waals surface area contributed by atoms with Crippen LogP contribution in [0.4, 0.5) is 0 Å². The van der Waals surface area contributed by atoms with E-state index in [1.165, 1.54) is 14.2 Å². The number of nitrogens with zero attached hydrogens (tertiary/aromatic N) is 1. The maximum atomic E-state index is 11.2. The van der Waals surface area contributed by atoms with E-state index < -0.39 is 10.8 Å². The fraction of sp³-hybridized carbons (Fsp3) is 0.333. The van der Waals surface area contributed by atoms with Gasteiger partial charge in [-0.25, -0.2) is 0 Å². The molecule has 1 rings (SSSR count). The Morgan fingerprint density at radius 3 is 2.61 bits per heavy atom. The van der Waals surface area contributed by atoms with Gasteiger partial charge in [0.2, 0.25) is 0 Å². The van der Waals surface area contributed by atoms with E-state index in [2.05, 4.69) is 20.7 Å². The second kappa shape index (κ2) is 6.87. The highest BCUT2D eigenvalue weighted by Gasteiger charge is 2.16. The first-order chi connectivity index (χ1) is 8.60. The number of benzene rings is 1. The van der Waals surface area contributed by atoms with Crippen LogP contribution in [0.1, 0.15) is 5.56 Å². The molecule has 5 nitrogen and oxygen atoms in total. The van der Waals surface area contributed by atoms with Gasteiger partial charge in [0.05, 0.1) is 25.9 Å². The monoisotopic (exact) mass is 313 g/mol. The summed E-state index contributed by atoms with van der Waals surface area (Å²) in [5, 5.41) is 8.84. The SMILES string of the molecule is COC(=O)C(Br)COc1cc(C#N)cc(OC)c1. The molecule has 1 unspecified atom stereocenters. The van der Waals surface area contributed by atoms with E-state index in [4.69, 9.17) is 14.7 Å². The predicted molar refractivity (Wildman–Crippen MR) is 67.9 cm³/mol. The Bertz CT molecular complexity index is 470. The number of rotatable bonds is 5. The van der Waals surface area contributed by atoms with Crippen LogP contribution in [0.2, 0.25) is 0 Å². The third kappa shape index (κ3) is 3.93. The maximum absolute atomic E-state index is 11.2. The van der Waals surface area contributed by atoms with Crippen molar-refractivity contribution in [2.45, 2.75) is 4.83 Å². The van der Waals surface area contributed by atoms with Crippen molar-refractivity contribution in [2.24, 2.45) is 0 Å². The molecule has 0 heterocycles. The Morgan fingerprint density at radius 1 is 1.39 bits per heavy atom. The smallest absolute Gasteiger partial charge is 0.322 e. The zero-order chi connectivity index (χ0) is 13.5. The van der Waals surface area contributed by atoms with E-state index in [9.17, 15) is 4.79 Å². The first kappa shape index (κ1) is 14.3. The van der Waals surface area contributed by atoms with E-state index in [-0.39, 0.29) is 6.61 Å². The predicted octanol–water partition coefficient (Wildman–Crippen LogP) is 1.88. The molecule has 0 fully saturated rings. The molecule has 0 saturated heterocycles. The van der Waals surface area contributed by atoms with Crippen molar-refractivity contribution in [3.05, 3.63) is 23.8 Å². The van der Waals surface area contributed by atoms with Crippen molar-refractivity contribution in [3.63, 3.8) is 0 Å². The van der Waals surface area contributed by atoms with Crippen molar-refractivity contribution in [1.29, 1.82) is 5.26 Å². The van der Waals surface area contributed by atoms with Gasteiger partial charge in [-0.3, -0.25) is 4.79 Å². The van der Waals surface area contributed by atoms with Crippen LogP contribution >= 0.6 is 15.9 Å². The minimum Gasteiger partial charge on any atom is -0.497 e. The lowest BCUT2D eigenvalue weighted by Crippen LogP contribution is -2.22. The highest BCUT2D eigenvalue weighted by Crippen LogP contribution is 2.22. The van der Waals surface area contributed by atoms with Crippen LogP contribution in [0.3, 0.4) is 0 Å². The first-order valence-electron chi connectivity index (χ1n) is 5.04. The van der Waals surface area contributed by atoms with Crippen molar-refractivity contribution < 1.29 is 19.0 Å². The standard InChI is InChI=1S/C12H12BrNO4/c1-16-9-3-8(6-14)4-10(5-9)18-7-11(13)12(15)17-2/h3-5,11H,7H2,1-2H3. The molecule has 0 saturated carbocycles. The summed E-state index contributed by atoms with van der Waals surface area (Å²) in [5.74, 6) is 0.561. The van der Waals surface area contributed by atoms with Crippen molar-refractivity contribution in [3.8, 4) is 17.6 Å². The van der Waals surface area contributed by atoms with Crippen molar-refractivity contribution in [1.82, 2.24) is 0 Å². The molecule has 1 atom stereocenters. The molecule has 0 bridgehead atoms. The molecule has 0 aromatic heterocycles. The average molecular weight is 314 g/mol. The lowest BCUT2D eigenvalue weighted by Gasteiger charge is -2.11. The summed E-state index contributed by atoms with van der Waals surface area (Å²) in [4.78, 5) is 10.6. The molecular formula is C12H12BrNO4. The summed E-state index contributed by atoms with van der Waals surface area (Å²) in [6, 6.07) is 6.80. The first-order valence-corrected chi connectivity index (χ1v) is 5.96. The number of nitriles is 1. The minimum absolute atomic E-state index is 0.102. The number of ether oxygens (including phenoxy) is 3. The van der Waals surface area contributed by atoms with Gasteiger partial charge in [0.1, 0.15) is 22.9 Å². The summed E-state index contributed by atoms with van der Waals surface area (Å²) in [7, 11) is 2.80. The van der Waals surface area contributed by atoms with Crippen LogP contribution in [0.15, 0.2) is 18.2 Å². The van der Waals surface area contributed by atoms with E-state index in [0.717, 1.165) is 0 Å². The normalized spacial score (nSPS) is 11.2. The number of hydrogen-bond acceptors (Lipinski definition) is 5. The summed E-state index contributed by atoms with van der Waals surface area (Å²) < 4.78 is 15.0. The Balaban J connectivity index is 2.73. The van der Waals surface area contributed by atoms with E-state index in [1.54, 1.807) is 18.2 Å². The lowest BCUT2D eigenvalue weighted by atomic mass is 10.2. The topological polar surface area (TPSA) is 68.5 Å². The summed E-state index contributed by atoms with van der Waals surface area (Å²) in [5.41, 5.74) is 0.425. The molecule has 0 spiro atoms. The molecule has 0 radical (unpaired) electrons. The molecule has 0 N–H and O–H groups in total. The third-order valence-corrected chi connectivity index (χ3v) is 2.74. The Morgan fingerprint density at radius 2 is 2.06 bits per heavy atom. The van der Waals surface area contributed by atoms with Crippen LogP contribution < -0.4 is 9.47 Å². The van der Waals surface area contributed by atoms with Gasteiger partial charge in [-0.1, -0.05) is 15.9 Å². The fourth-order valence-corrected chi connectivity index (χ4v) is 1.52. The van der Waals surface area contributed by atoms with E-state index in [0.29, 0.717) is 17.1 Å². The molecule has 0 amide bonds. The Kier molecular flexibility index (Phi) is 5.46. The second-order valence-electron chi connectivity index (χ2n) is 3.31. The summed E-state index contributed by atoms with van der Waals surface area (Å²) in [6.45, 7) is 0.102. The molecule has 1 aromatic carbocycles. The quantitative estimate of drug-likeness (QED) is 0.613.